The van der Waals surface area contributed by atoms with Gasteiger partial charge in [-0.1, -0.05) is 43.3 Å². The van der Waals surface area contributed by atoms with Crippen LogP contribution in [-0.4, -0.2) is 25.1 Å². The van der Waals surface area contributed by atoms with Crippen LogP contribution in [0.25, 0.3) is 0 Å². The maximum absolute atomic E-state index is 6.15. The molecule has 3 nitrogen and oxygen atoms in total. The second-order valence-electron chi connectivity index (χ2n) is 5.74. The second kappa shape index (κ2) is 9.78. The first-order valence-electron chi connectivity index (χ1n) is 8.37. The second-order valence-corrected chi connectivity index (χ2v) is 5.74. The molecule has 3 heteroatoms. The minimum atomic E-state index is -0.0897. The van der Waals surface area contributed by atoms with E-state index in [1.165, 1.54) is 12.0 Å². The van der Waals surface area contributed by atoms with E-state index in [2.05, 4.69) is 25.6 Å². The number of hydrogen-bond acceptors (Lipinski definition) is 3. The summed E-state index contributed by atoms with van der Waals surface area (Å²) in [5.74, 6) is 0. The Labute approximate surface area is 134 Å². The highest BCUT2D eigenvalue weighted by Gasteiger charge is 2.25. The molecule has 0 saturated carbocycles. The van der Waals surface area contributed by atoms with E-state index in [9.17, 15) is 0 Å². The number of rotatable bonds is 9. The lowest BCUT2D eigenvalue weighted by Crippen LogP contribution is -2.36. The van der Waals surface area contributed by atoms with Crippen molar-refractivity contribution in [1.29, 1.82) is 0 Å². The fraction of sp³-hybridized carbons (Fsp3) is 0.579. The fourth-order valence-corrected chi connectivity index (χ4v) is 2.74. The van der Waals surface area contributed by atoms with Crippen LogP contribution < -0.4 is 0 Å². The lowest BCUT2D eigenvalue weighted by atomic mass is 10.1. The van der Waals surface area contributed by atoms with E-state index in [0.29, 0.717) is 6.61 Å². The maximum atomic E-state index is 6.15. The van der Waals surface area contributed by atoms with Gasteiger partial charge in [0.1, 0.15) is 0 Å². The summed E-state index contributed by atoms with van der Waals surface area (Å²) in [5.41, 5.74) is 1.19. The van der Waals surface area contributed by atoms with Crippen LogP contribution in [0, 0.1) is 0 Å². The van der Waals surface area contributed by atoms with E-state index >= 15 is 0 Å². The van der Waals surface area contributed by atoms with Gasteiger partial charge in [0.25, 0.3) is 0 Å². The molecule has 1 aromatic rings. The lowest BCUT2D eigenvalue weighted by Gasteiger charge is -2.31. The highest BCUT2D eigenvalue weighted by atomic mass is 16.7. The third-order valence-electron chi connectivity index (χ3n) is 3.99. The number of benzene rings is 1. The Bertz CT molecular complexity index is 412. The maximum Gasteiger partial charge on any atom is 0.158 e. The first-order valence-corrected chi connectivity index (χ1v) is 8.37. The standard InChI is InChI=1S/C19H28O3/c1-3-10-18(22-19-13-8-9-14-20-19)17(4-2)21-15-16-11-6-5-7-12-16/h3,5-7,11-12,17-19H,1,4,8-10,13-15H2,2H3/t17-,18-,19?/m1/s1. The van der Waals surface area contributed by atoms with Crippen LogP contribution in [-0.2, 0) is 20.8 Å². The summed E-state index contributed by atoms with van der Waals surface area (Å²) in [4.78, 5) is 0. The first kappa shape index (κ1) is 17.2. The molecule has 0 N–H and O–H groups in total. The van der Waals surface area contributed by atoms with Crippen molar-refractivity contribution >= 4 is 0 Å². The predicted octanol–water partition coefficient (Wildman–Crippen LogP) is 4.47. The zero-order valence-electron chi connectivity index (χ0n) is 13.6. The fourth-order valence-electron chi connectivity index (χ4n) is 2.74. The van der Waals surface area contributed by atoms with Crippen molar-refractivity contribution in [1.82, 2.24) is 0 Å². The molecule has 1 saturated heterocycles. The molecule has 0 aliphatic carbocycles. The molecular weight excluding hydrogens is 276 g/mol. The molecule has 0 aromatic heterocycles. The summed E-state index contributed by atoms with van der Waals surface area (Å²) in [6.45, 7) is 7.40. The molecule has 1 aromatic carbocycles. The Morgan fingerprint density at radius 1 is 1.27 bits per heavy atom. The van der Waals surface area contributed by atoms with E-state index in [1.807, 2.05) is 24.3 Å². The quantitative estimate of drug-likeness (QED) is 0.630. The van der Waals surface area contributed by atoms with Gasteiger partial charge in [0, 0.05) is 6.61 Å². The number of ether oxygens (including phenoxy) is 3. The van der Waals surface area contributed by atoms with Crippen LogP contribution >= 0.6 is 0 Å². The van der Waals surface area contributed by atoms with Crippen molar-refractivity contribution in [2.75, 3.05) is 6.61 Å². The molecule has 1 unspecified atom stereocenters. The van der Waals surface area contributed by atoms with Crippen molar-refractivity contribution in [2.24, 2.45) is 0 Å². The van der Waals surface area contributed by atoms with Gasteiger partial charge < -0.3 is 14.2 Å². The van der Waals surface area contributed by atoms with E-state index in [-0.39, 0.29) is 18.5 Å². The summed E-state index contributed by atoms with van der Waals surface area (Å²) in [6.07, 6.45) is 6.86. The normalized spacial score (nSPS) is 21.2. The average Bonchev–Trinajstić information content (AvgIpc) is 2.57. The Morgan fingerprint density at radius 3 is 2.73 bits per heavy atom. The lowest BCUT2D eigenvalue weighted by molar-refractivity contribution is -0.213. The zero-order chi connectivity index (χ0) is 15.6. The molecule has 0 spiro atoms. The van der Waals surface area contributed by atoms with Gasteiger partial charge in [-0.2, -0.15) is 0 Å². The Kier molecular flexibility index (Phi) is 7.64. The van der Waals surface area contributed by atoms with Crippen LogP contribution in [0.15, 0.2) is 43.0 Å². The van der Waals surface area contributed by atoms with Gasteiger partial charge in [-0.25, -0.2) is 0 Å². The molecule has 3 atom stereocenters. The molecule has 1 aliphatic heterocycles. The molecule has 1 aliphatic rings. The third-order valence-corrected chi connectivity index (χ3v) is 3.99. The first-order chi connectivity index (χ1) is 10.8. The van der Waals surface area contributed by atoms with E-state index < -0.39 is 0 Å². The van der Waals surface area contributed by atoms with Crippen LogP contribution in [0.4, 0.5) is 0 Å². The van der Waals surface area contributed by atoms with E-state index in [0.717, 1.165) is 32.3 Å². The monoisotopic (exact) mass is 304 g/mol. The SMILES string of the molecule is C=CC[C@@H](OC1CCCCO1)[C@@H](CC)OCc1ccccc1. The summed E-state index contributed by atoms with van der Waals surface area (Å²) in [7, 11) is 0. The number of hydrogen-bond donors (Lipinski definition) is 0. The average molecular weight is 304 g/mol. The van der Waals surface area contributed by atoms with Gasteiger partial charge in [0.15, 0.2) is 6.29 Å². The van der Waals surface area contributed by atoms with Gasteiger partial charge in [0.05, 0.1) is 18.8 Å². The van der Waals surface area contributed by atoms with Gasteiger partial charge in [0.2, 0.25) is 0 Å². The molecule has 1 fully saturated rings. The topological polar surface area (TPSA) is 27.7 Å². The molecule has 2 rings (SSSR count). The molecule has 0 amide bonds. The molecule has 0 bridgehead atoms. The molecule has 122 valence electrons. The Balaban J connectivity index is 1.89. The van der Waals surface area contributed by atoms with Gasteiger partial charge in [-0.05, 0) is 37.7 Å². The minimum absolute atomic E-state index is 0.00862. The highest BCUT2D eigenvalue weighted by molar-refractivity contribution is 5.13. The molecule has 22 heavy (non-hydrogen) atoms. The summed E-state index contributed by atoms with van der Waals surface area (Å²) in [6, 6.07) is 10.3. The van der Waals surface area contributed by atoms with E-state index in [1.54, 1.807) is 0 Å². The molecule has 0 radical (unpaired) electrons. The van der Waals surface area contributed by atoms with E-state index in [4.69, 9.17) is 14.2 Å². The van der Waals surface area contributed by atoms with Crippen molar-refractivity contribution in [3.63, 3.8) is 0 Å². The minimum Gasteiger partial charge on any atom is -0.371 e. The van der Waals surface area contributed by atoms with Crippen molar-refractivity contribution in [3.8, 4) is 0 Å². The highest BCUT2D eigenvalue weighted by Crippen LogP contribution is 2.21. The summed E-state index contributed by atoms with van der Waals surface area (Å²) in [5, 5.41) is 0. The van der Waals surface area contributed by atoms with Crippen LogP contribution in [0.5, 0.6) is 0 Å². The summed E-state index contributed by atoms with van der Waals surface area (Å²) < 4.78 is 18.0. The van der Waals surface area contributed by atoms with Gasteiger partial charge in [-0.3, -0.25) is 0 Å². The third kappa shape index (κ3) is 5.56. The Morgan fingerprint density at radius 2 is 2.09 bits per heavy atom. The largest absolute Gasteiger partial charge is 0.371 e. The van der Waals surface area contributed by atoms with Crippen LogP contribution in [0.1, 0.15) is 44.6 Å². The molecule has 1 heterocycles. The predicted molar refractivity (Wildman–Crippen MR) is 88.6 cm³/mol. The summed E-state index contributed by atoms with van der Waals surface area (Å²) >= 11 is 0. The van der Waals surface area contributed by atoms with Crippen LogP contribution in [0.2, 0.25) is 0 Å². The van der Waals surface area contributed by atoms with Crippen molar-refractivity contribution < 1.29 is 14.2 Å². The van der Waals surface area contributed by atoms with Crippen LogP contribution in [0.3, 0.4) is 0 Å². The Hall–Kier alpha value is -1.16. The molecular formula is C19H28O3. The van der Waals surface area contributed by atoms with Gasteiger partial charge >= 0.3 is 0 Å². The smallest absolute Gasteiger partial charge is 0.158 e. The van der Waals surface area contributed by atoms with Gasteiger partial charge in [-0.15, -0.1) is 6.58 Å². The van der Waals surface area contributed by atoms with Crippen molar-refractivity contribution in [3.05, 3.63) is 48.6 Å². The van der Waals surface area contributed by atoms with Crippen molar-refractivity contribution in [2.45, 2.75) is 64.1 Å². The zero-order valence-corrected chi connectivity index (χ0v) is 13.6.